The molecule has 0 N–H and O–H groups in total. The molecule has 2 aliphatic rings. The highest BCUT2D eigenvalue weighted by Gasteiger charge is 2.28. The van der Waals surface area contributed by atoms with E-state index in [0.717, 1.165) is 23.2 Å². The smallest absolute Gasteiger partial charge is 0.124 e. The number of thiazole rings is 1. The number of benzene rings is 2. The van der Waals surface area contributed by atoms with Gasteiger partial charge in [-0.05, 0) is 93.1 Å². The Balaban J connectivity index is 1.39. The second-order valence-corrected chi connectivity index (χ2v) is 9.58. The standard InChI is InChI=1S/C25H28N2OS/c1-17(2)28-21-9-7-20(8-10-21)24-15-26-25(29-24)22-11-4-18(16-27-12-3-13-27)14-23(22)19-5-6-19/h4,7-11,14-15,17,19H,3,5-6,12-13,16H2,1-2H3. The van der Waals surface area contributed by atoms with Gasteiger partial charge in [0, 0.05) is 18.3 Å². The molecular formula is C25H28N2OS. The quantitative estimate of drug-likeness (QED) is 0.459. The van der Waals surface area contributed by atoms with Crippen LogP contribution in [-0.2, 0) is 6.54 Å². The maximum atomic E-state index is 5.76. The van der Waals surface area contributed by atoms with Gasteiger partial charge in [-0.25, -0.2) is 4.98 Å². The lowest BCUT2D eigenvalue weighted by Crippen LogP contribution is -2.36. The molecule has 1 aliphatic carbocycles. The van der Waals surface area contributed by atoms with Crippen LogP contribution < -0.4 is 4.74 Å². The van der Waals surface area contributed by atoms with Crippen LogP contribution in [-0.4, -0.2) is 29.1 Å². The van der Waals surface area contributed by atoms with Crippen LogP contribution in [0, 0.1) is 0 Å². The predicted octanol–water partition coefficient (Wildman–Crippen LogP) is 6.35. The van der Waals surface area contributed by atoms with Crippen molar-refractivity contribution < 1.29 is 4.74 Å². The van der Waals surface area contributed by atoms with Crippen LogP contribution in [0.25, 0.3) is 21.0 Å². The SMILES string of the molecule is CC(C)Oc1ccc(-c2cnc(-c3ccc(CN4CCC4)cc3C3CC3)s2)cc1. The van der Waals surface area contributed by atoms with Gasteiger partial charge in [-0.1, -0.05) is 18.2 Å². The van der Waals surface area contributed by atoms with E-state index in [1.54, 1.807) is 11.3 Å². The number of likely N-dealkylation sites (tertiary alicyclic amines) is 1. The van der Waals surface area contributed by atoms with E-state index in [1.807, 2.05) is 6.20 Å². The van der Waals surface area contributed by atoms with Crippen LogP contribution in [0.5, 0.6) is 5.75 Å². The third kappa shape index (κ3) is 4.24. The topological polar surface area (TPSA) is 25.4 Å². The number of nitrogens with zero attached hydrogens (tertiary/aromatic N) is 2. The number of ether oxygens (including phenoxy) is 1. The first-order valence-electron chi connectivity index (χ1n) is 10.7. The van der Waals surface area contributed by atoms with E-state index in [4.69, 9.17) is 9.72 Å². The zero-order chi connectivity index (χ0) is 19.8. The summed E-state index contributed by atoms with van der Waals surface area (Å²) in [6.45, 7) is 7.69. The van der Waals surface area contributed by atoms with Gasteiger partial charge in [-0.15, -0.1) is 11.3 Å². The first-order valence-corrected chi connectivity index (χ1v) is 11.6. The van der Waals surface area contributed by atoms with Gasteiger partial charge in [0.1, 0.15) is 10.8 Å². The van der Waals surface area contributed by atoms with Gasteiger partial charge >= 0.3 is 0 Å². The van der Waals surface area contributed by atoms with Crippen molar-refractivity contribution in [2.45, 2.75) is 51.7 Å². The van der Waals surface area contributed by atoms with E-state index in [0.29, 0.717) is 0 Å². The molecule has 0 amide bonds. The normalized spacial score (nSPS) is 16.8. The maximum Gasteiger partial charge on any atom is 0.124 e. The van der Waals surface area contributed by atoms with Crippen LogP contribution in [0.3, 0.4) is 0 Å². The van der Waals surface area contributed by atoms with Crippen molar-refractivity contribution >= 4 is 11.3 Å². The van der Waals surface area contributed by atoms with Crippen molar-refractivity contribution in [1.82, 2.24) is 9.88 Å². The van der Waals surface area contributed by atoms with Crippen LogP contribution in [0.4, 0.5) is 0 Å². The van der Waals surface area contributed by atoms with Crippen LogP contribution in [0.1, 0.15) is 50.2 Å². The molecule has 5 rings (SSSR count). The average Bonchev–Trinajstić information content (AvgIpc) is 3.42. The molecule has 0 atom stereocenters. The molecule has 0 radical (unpaired) electrons. The monoisotopic (exact) mass is 404 g/mol. The second kappa shape index (κ2) is 7.92. The molecule has 0 unspecified atom stereocenters. The van der Waals surface area contributed by atoms with E-state index in [-0.39, 0.29) is 6.10 Å². The lowest BCUT2D eigenvalue weighted by molar-refractivity contribution is 0.172. The Morgan fingerprint density at radius 3 is 2.55 bits per heavy atom. The molecule has 3 aromatic rings. The third-order valence-electron chi connectivity index (χ3n) is 5.73. The summed E-state index contributed by atoms with van der Waals surface area (Å²) in [5.41, 5.74) is 5.49. The second-order valence-electron chi connectivity index (χ2n) is 8.55. The fourth-order valence-corrected chi connectivity index (χ4v) is 4.91. The molecule has 2 aromatic carbocycles. The predicted molar refractivity (Wildman–Crippen MR) is 121 cm³/mol. The van der Waals surface area contributed by atoms with Crippen molar-refractivity contribution in [2.75, 3.05) is 13.1 Å². The lowest BCUT2D eigenvalue weighted by Gasteiger charge is -2.30. The zero-order valence-electron chi connectivity index (χ0n) is 17.2. The molecule has 3 nitrogen and oxygen atoms in total. The highest BCUT2D eigenvalue weighted by Crippen LogP contribution is 2.46. The highest BCUT2D eigenvalue weighted by atomic mass is 32.1. The third-order valence-corrected chi connectivity index (χ3v) is 6.81. The van der Waals surface area contributed by atoms with Crippen molar-refractivity contribution in [2.24, 2.45) is 0 Å². The number of hydrogen-bond donors (Lipinski definition) is 0. The van der Waals surface area contributed by atoms with Gasteiger partial charge in [-0.2, -0.15) is 0 Å². The minimum Gasteiger partial charge on any atom is -0.491 e. The maximum absolute atomic E-state index is 5.76. The summed E-state index contributed by atoms with van der Waals surface area (Å²) in [6.07, 6.45) is 6.19. The summed E-state index contributed by atoms with van der Waals surface area (Å²) in [5, 5.41) is 1.14. The fourth-order valence-electron chi connectivity index (χ4n) is 3.94. The molecule has 150 valence electrons. The summed E-state index contributed by atoms with van der Waals surface area (Å²) in [4.78, 5) is 8.54. The number of hydrogen-bond acceptors (Lipinski definition) is 4. The van der Waals surface area contributed by atoms with Gasteiger partial charge in [0.25, 0.3) is 0 Å². The molecule has 0 spiro atoms. The van der Waals surface area contributed by atoms with E-state index in [1.165, 1.54) is 59.5 Å². The first kappa shape index (κ1) is 18.8. The van der Waals surface area contributed by atoms with E-state index in [2.05, 4.69) is 61.2 Å². The minimum absolute atomic E-state index is 0.195. The summed E-state index contributed by atoms with van der Waals surface area (Å²) in [6, 6.07) is 15.4. The summed E-state index contributed by atoms with van der Waals surface area (Å²) in [7, 11) is 0. The molecule has 0 bridgehead atoms. The Hall–Kier alpha value is -2.17. The Bertz CT molecular complexity index is 984. The Labute approximate surface area is 177 Å². The average molecular weight is 405 g/mol. The Morgan fingerprint density at radius 1 is 1.10 bits per heavy atom. The van der Waals surface area contributed by atoms with Crippen LogP contribution >= 0.6 is 11.3 Å². The zero-order valence-corrected chi connectivity index (χ0v) is 18.0. The van der Waals surface area contributed by atoms with Gasteiger partial charge in [0.05, 0.1) is 11.0 Å². The fraction of sp³-hybridized carbons (Fsp3) is 0.400. The van der Waals surface area contributed by atoms with Crippen LogP contribution in [0.15, 0.2) is 48.7 Å². The largest absolute Gasteiger partial charge is 0.491 e. The summed E-state index contributed by atoms with van der Waals surface area (Å²) in [5.74, 6) is 1.64. The molecule has 1 saturated carbocycles. The first-order chi connectivity index (χ1) is 14.2. The van der Waals surface area contributed by atoms with Gasteiger partial charge in [-0.3, -0.25) is 4.90 Å². The highest BCUT2D eigenvalue weighted by molar-refractivity contribution is 7.18. The van der Waals surface area contributed by atoms with Gasteiger partial charge in [0.15, 0.2) is 0 Å². The lowest BCUT2D eigenvalue weighted by atomic mass is 9.99. The molecule has 29 heavy (non-hydrogen) atoms. The molecule has 1 aliphatic heterocycles. The van der Waals surface area contributed by atoms with Gasteiger partial charge in [0.2, 0.25) is 0 Å². The van der Waals surface area contributed by atoms with Crippen molar-refractivity contribution in [3.63, 3.8) is 0 Å². The summed E-state index contributed by atoms with van der Waals surface area (Å²) < 4.78 is 5.76. The van der Waals surface area contributed by atoms with E-state index >= 15 is 0 Å². The van der Waals surface area contributed by atoms with E-state index < -0.39 is 0 Å². The molecule has 2 fully saturated rings. The molecule has 4 heteroatoms. The minimum atomic E-state index is 0.195. The molecule has 2 heterocycles. The Morgan fingerprint density at radius 2 is 1.90 bits per heavy atom. The molecule has 1 saturated heterocycles. The summed E-state index contributed by atoms with van der Waals surface area (Å²) >= 11 is 1.79. The molecule has 1 aromatic heterocycles. The Kier molecular flexibility index (Phi) is 5.15. The van der Waals surface area contributed by atoms with Crippen molar-refractivity contribution in [3.05, 3.63) is 59.8 Å². The van der Waals surface area contributed by atoms with E-state index in [9.17, 15) is 0 Å². The number of aromatic nitrogens is 1. The van der Waals surface area contributed by atoms with Gasteiger partial charge < -0.3 is 4.74 Å². The molecular weight excluding hydrogens is 376 g/mol. The van der Waals surface area contributed by atoms with Crippen LogP contribution in [0.2, 0.25) is 0 Å². The van der Waals surface area contributed by atoms with Crippen molar-refractivity contribution in [3.8, 4) is 26.8 Å². The van der Waals surface area contributed by atoms with Crippen molar-refractivity contribution in [1.29, 1.82) is 0 Å². The number of rotatable bonds is 7.